The molecule has 1 saturated carbocycles. The smallest absolute Gasteiger partial charge is 0.303 e. The van der Waals surface area contributed by atoms with E-state index in [1.165, 1.54) is 18.4 Å². The van der Waals surface area contributed by atoms with Crippen molar-refractivity contribution < 1.29 is 19.2 Å². The van der Waals surface area contributed by atoms with Crippen LogP contribution in [-0.4, -0.2) is 32.3 Å². The highest BCUT2D eigenvalue weighted by Crippen LogP contribution is 2.40. The van der Waals surface area contributed by atoms with E-state index >= 15 is 0 Å². The summed E-state index contributed by atoms with van der Waals surface area (Å²) in [4.78, 5) is 20.1. The highest BCUT2D eigenvalue weighted by Gasteiger charge is 2.30. The highest BCUT2D eigenvalue weighted by atomic mass is 35.5. The molecular weight excluding hydrogens is 430 g/mol. The molecule has 0 saturated heterocycles. The Kier molecular flexibility index (Phi) is 5.37. The van der Waals surface area contributed by atoms with Crippen molar-refractivity contribution in [3.63, 3.8) is 0 Å². The molecule has 7 nitrogen and oxygen atoms in total. The SMILES string of the molecule is Cc1c(-c2noc(-c3cnc(OC(C)C4CC4)c(Cl)c3)n2)ccc2c1CCC2CC(=O)O. The first-order valence-electron chi connectivity index (χ1n) is 10.9. The second-order valence-corrected chi connectivity index (χ2v) is 9.14. The van der Waals surface area contributed by atoms with Crippen molar-refractivity contribution in [2.24, 2.45) is 5.92 Å². The molecule has 2 heterocycles. The van der Waals surface area contributed by atoms with Gasteiger partial charge in [0, 0.05) is 11.8 Å². The summed E-state index contributed by atoms with van der Waals surface area (Å²) < 4.78 is 11.4. The first kappa shape index (κ1) is 20.9. The van der Waals surface area contributed by atoms with Crippen molar-refractivity contribution in [1.82, 2.24) is 15.1 Å². The van der Waals surface area contributed by atoms with Gasteiger partial charge in [0.05, 0.1) is 12.0 Å². The van der Waals surface area contributed by atoms with Gasteiger partial charge in [-0.25, -0.2) is 4.98 Å². The number of carboxylic acids is 1. The van der Waals surface area contributed by atoms with Crippen LogP contribution >= 0.6 is 11.6 Å². The normalized spacial score (nSPS) is 18.4. The summed E-state index contributed by atoms with van der Waals surface area (Å²) in [6.07, 6.45) is 5.96. The molecule has 8 heteroatoms. The van der Waals surface area contributed by atoms with Gasteiger partial charge in [0.1, 0.15) is 11.1 Å². The van der Waals surface area contributed by atoms with Crippen LogP contribution in [0.4, 0.5) is 0 Å². The molecule has 0 radical (unpaired) electrons. The predicted molar refractivity (Wildman–Crippen MR) is 119 cm³/mol. The summed E-state index contributed by atoms with van der Waals surface area (Å²) in [5.41, 5.74) is 4.88. The quantitative estimate of drug-likeness (QED) is 0.508. The van der Waals surface area contributed by atoms with E-state index in [1.807, 2.05) is 26.0 Å². The molecule has 1 N–H and O–H groups in total. The molecule has 2 aliphatic carbocycles. The fourth-order valence-corrected chi connectivity index (χ4v) is 4.76. The van der Waals surface area contributed by atoms with Gasteiger partial charge in [-0.15, -0.1) is 0 Å². The zero-order valence-corrected chi connectivity index (χ0v) is 18.7. The minimum absolute atomic E-state index is 0.0626. The maximum absolute atomic E-state index is 11.2. The largest absolute Gasteiger partial charge is 0.481 e. The molecule has 2 aliphatic rings. The van der Waals surface area contributed by atoms with Gasteiger partial charge in [-0.2, -0.15) is 4.98 Å². The van der Waals surface area contributed by atoms with Gasteiger partial charge >= 0.3 is 5.97 Å². The summed E-state index contributed by atoms with van der Waals surface area (Å²) in [6, 6.07) is 5.68. The number of aromatic nitrogens is 3. The van der Waals surface area contributed by atoms with Crippen LogP contribution in [0.25, 0.3) is 22.8 Å². The van der Waals surface area contributed by atoms with E-state index in [9.17, 15) is 4.79 Å². The second kappa shape index (κ2) is 8.20. The molecule has 2 aromatic heterocycles. The number of ether oxygens (including phenoxy) is 1. The third-order valence-electron chi connectivity index (χ3n) is 6.54. The van der Waals surface area contributed by atoms with Crippen LogP contribution < -0.4 is 4.74 Å². The van der Waals surface area contributed by atoms with E-state index in [0.717, 1.165) is 29.5 Å². The molecule has 3 aromatic rings. The number of hydrogen-bond donors (Lipinski definition) is 1. The molecule has 0 spiro atoms. The Morgan fingerprint density at radius 3 is 2.88 bits per heavy atom. The van der Waals surface area contributed by atoms with Gasteiger partial charge in [-0.05, 0) is 74.1 Å². The Balaban J connectivity index is 1.38. The standard InChI is InChI=1S/C24H24ClN3O4/c1-12-17-6-5-15(10-21(29)30)19(17)8-7-18(12)22-27-23(32-28-22)16-9-20(25)24(26-11-16)31-13(2)14-3-4-14/h7-9,11,13-15H,3-6,10H2,1-2H3,(H,29,30). The Morgan fingerprint density at radius 1 is 1.34 bits per heavy atom. The third-order valence-corrected chi connectivity index (χ3v) is 6.81. The lowest BCUT2D eigenvalue weighted by Gasteiger charge is -2.13. The van der Waals surface area contributed by atoms with E-state index < -0.39 is 5.97 Å². The monoisotopic (exact) mass is 453 g/mol. The van der Waals surface area contributed by atoms with E-state index in [-0.39, 0.29) is 18.4 Å². The third kappa shape index (κ3) is 3.97. The van der Waals surface area contributed by atoms with Crippen molar-refractivity contribution in [3.8, 4) is 28.7 Å². The van der Waals surface area contributed by atoms with Crippen LogP contribution in [0, 0.1) is 12.8 Å². The lowest BCUT2D eigenvalue weighted by atomic mass is 9.93. The minimum atomic E-state index is -0.766. The lowest BCUT2D eigenvalue weighted by molar-refractivity contribution is -0.137. The van der Waals surface area contributed by atoms with Crippen LogP contribution in [0.1, 0.15) is 55.2 Å². The average molecular weight is 454 g/mol. The van der Waals surface area contributed by atoms with E-state index in [0.29, 0.717) is 34.1 Å². The maximum Gasteiger partial charge on any atom is 0.303 e. The molecule has 0 aliphatic heterocycles. The fraction of sp³-hybridized carbons (Fsp3) is 0.417. The average Bonchev–Trinajstić information content (AvgIpc) is 3.37. The Morgan fingerprint density at radius 2 is 2.16 bits per heavy atom. The summed E-state index contributed by atoms with van der Waals surface area (Å²) in [6.45, 7) is 4.07. The number of carbonyl (C=O) groups is 1. The number of benzene rings is 1. The van der Waals surface area contributed by atoms with Crippen LogP contribution in [0.3, 0.4) is 0 Å². The maximum atomic E-state index is 11.2. The van der Waals surface area contributed by atoms with Crippen LogP contribution in [0.5, 0.6) is 5.88 Å². The molecule has 166 valence electrons. The van der Waals surface area contributed by atoms with Crippen LogP contribution in [0.15, 0.2) is 28.9 Å². The number of pyridine rings is 1. The van der Waals surface area contributed by atoms with Gasteiger partial charge in [0.25, 0.3) is 5.89 Å². The molecule has 5 rings (SSSR count). The number of aliphatic carboxylic acids is 1. The van der Waals surface area contributed by atoms with Gasteiger partial charge in [-0.1, -0.05) is 28.9 Å². The van der Waals surface area contributed by atoms with Crippen molar-refractivity contribution in [1.29, 1.82) is 0 Å². The molecule has 32 heavy (non-hydrogen) atoms. The van der Waals surface area contributed by atoms with Gasteiger partial charge in [0.2, 0.25) is 11.7 Å². The lowest BCUT2D eigenvalue weighted by Crippen LogP contribution is -2.14. The van der Waals surface area contributed by atoms with Gasteiger partial charge in [-0.3, -0.25) is 4.79 Å². The predicted octanol–water partition coefficient (Wildman–Crippen LogP) is 5.44. The molecule has 1 aromatic carbocycles. The van der Waals surface area contributed by atoms with Crippen LogP contribution in [0.2, 0.25) is 5.02 Å². The first-order valence-corrected chi connectivity index (χ1v) is 11.3. The Hall–Kier alpha value is -2.93. The molecule has 0 bridgehead atoms. The van der Waals surface area contributed by atoms with Crippen molar-refractivity contribution in [2.45, 2.75) is 58.0 Å². The number of hydrogen-bond acceptors (Lipinski definition) is 6. The Labute approximate surface area is 190 Å². The number of carboxylic acid groups (broad SMARTS) is 1. The Bertz CT molecular complexity index is 1190. The topological polar surface area (TPSA) is 98.3 Å². The van der Waals surface area contributed by atoms with Crippen LogP contribution in [-0.2, 0) is 11.2 Å². The molecule has 2 unspecified atom stereocenters. The number of rotatable bonds is 7. The summed E-state index contributed by atoms with van der Waals surface area (Å²) in [5.74, 6) is 1.12. The number of fused-ring (bicyclic) bond motifs is 1. The number of halogens is 1. The molecule has 0 amide bonds. The summed E-state index contributed by atoms with van der Waals surface area (Å²) in [7, 11) is 0. The fourth-order valence-electron chi connectivity index (χ4n) is 4.55. The summed E-state index contributed by atoms with van der Waals surface area (Å²) >= 11 is 6.39. The van der Waals surface area contributed by atoms with Crippen molar-refractivity contribution in [3.05, 3.63) is 46.1 Å². The molecule has 2 atom stereocenters. The second-order valence-electron chi connectivity index (χ2n) is 8.73. The number of nitrogens with zero attached hydrogens (tertiary/aromatic N) is 3. The van der Waals surface area contributed by atoms with Gasteiger partial charge < -0.3 is 14.4 Å². The minimum Gasteiger partial charge on any atom is -0.481 e. The van der Waals surface area contributed by atoms with Crippen molar-refractivity contribution in [2.75, 3.05) is 0 Å². The van der Waals surface area contributed by atoms with Crippen molar-refractivity contribution >= 4 is 17.6 Å². The summed E-state index contributed by atoms with van der Waals surface area (Å²) in [5, 5.41) is 13.7. The van der Waals surface area contributed by atoms with E-state index in [2.05, 4.69) is 15.1 Å². The van der Waals surface area contributed by atoms with Gasteiger partial charge in [0.15, 0.2) is 0 Å². The first-order chi connectivity index (χ1) is 15.4. The highest BCUT2D eigenvalue weighted by molar-refractivity contribution is 6.32. The zero-order valence-electron chi connectivity index (χ0n) is 18.0. The molecular formula is C24H24ClN3O4. The molecule has 1 fully saturated rings. The van der Waals surface area contributed by atoms with E-state index in [4.69, 9.17) is 26.0 Å². The zero-order chi connectivity index (χ0) is 22.4. The van der Waals surface area contributed by atoms with E-state index in [1.54, 1.807) is 12.3 Å².